The van der Waals surface area contributed by atoms with E-state index >= 15 is 0 Å². The molecule has 5 aliphatic rings. The van der Waals surface area contributed by atoms with Crippen molar-refractivity contribution in [2.45, 2.75) is 89.1 Å². The molecule has 3 fully saturated rings. The fourth-order valence-electron chi connectivity index (χ4n) is 8.16. The third-order valence-corrected chi connectivity index (χ3v) is 11.1. The van der Waals surface area contributed by atoms with Gasteiger partial charge in [-0.1, -0.05) is 45.9 Å². The normalized spacial score (nSPS) is 36.1. The van der Waals surface area contributed by atoms with E-state index in [0.29, 0.717) is 6.54 Å². The van der Waals surface area contributed by atoms with Gasteiger partial charge >= 0.3 is 0 Å². The maximum atomic E-state index is 14.5. The number of nitrogens with one attached hydrogen (secondary N) is 2. The van der Waals surface area contributed by atoms with Gasteiger partial charge in [0.15, 0.2) is 6.23 Å². The summed E-state index contributed by atoms with van der Waals surface area (Å²) in [6, 6.07) is 3.76. The Morgan fingerprint density at radius 3 is 2.64 bits per heavy atom. The molecule has 12 nitrogen and oxygen atoms in total. The number of nitrogens with zero attached hydrogens (tertiary/aromatic N) is 3. The number of carbonyl (C=O) groups is 3. The van der Waals surface area contributed by atoms with E-state index in [1.54, 1.807) is 13.8 Å². The van der Waals surface area contributed by atoms with E-state index in [1.807, 2.05) is 39.1 Å². The molecule has 8 atom stereocenters. The van der Waals surface area contributed by atoms with E-state index in [-0.39, 0.29) is 24.8 Å². The van der Waals surface area contributed by atoms with Gasteiger partial charge < -0.3 is 30.5 Å². The van der Waals surface area contributed by atoms with Crippen LogP contribution in [0.3, 0.4) is 0 Å². The molecule has 4 aliphatic heterocycles. The second-order valence-corrected chi connectivity index (χ2v) is 14.8. The first-order chi connectivity index (χ1) is 21.2. The van der Waals surface area contributed by atoms with Crippen LogP contribution in [0.25, 0.3) is 16.5 Å². The molecule has 1 aromatic carbocycles. The van der Waals surface area contributed by atoms with Crippen molar-refractivity contribution in [2.75, 3.05) is 13.6 Å². The molecule has 3 saturated heterocycles. The summed E-state index contributed by atoms with van der Waals surface area (Å²) >= 11 is 3.68. The number of hydrogen-bond acceptors (Lipinski definition) is 8. The molecular weight excluding hydrogens is 646 g/mol. The Kier molecular flexibility index (Phi) is 7.09. The molecule has 1 aromatic heterocycles. The topological polar surface area (TPSA) is 159 Å². The Labute approximate surface area is 269 Å². The Morgan fingerprint density at radius 2 is 1.96 bits per heavy atom. The number of hydrogen-bond donors (Lipinski definition) is 5. The Morgan fingerprint density at radius 1 is 1.22 bits per heavy atom. The summed E-state index contributed by atoms with van der Waals surface area (Å²) in [6.07, 6.45) is -0.145. The number of piperazine rings is 1. The van der Waals surface area contributed by atoms with Crippen LogP contribution in [-0.4, -0.2) is 108 Å². The van der Waals surface area contributed by atoms with E-state index in [9.17, 15) is 29.7 Å². The number of likely N-dealkylation sites (N-methyl/N-ethyl adjacent to an activating group) is 1. The van der Waals surface area contributed by atoms with Crippen molar-refractivity contribution in [2.24, 2.45) is 17.8 Å². The predicted octanol–water partition coefficient (Wildman–Crippen LogP) is 1.48. The van der Waals surface area contributed by atoms with Crippen LogP contribution in [0, 0.1) is 17.8 Å². The first-order valence-electron chi connectivity index (χ1n) is 15.7. The summed E-state index contributed by atoms with van der Waals surface area (Å²) < 4.78 is 7.27. The van der Waals surface area contributed by atoms with Crippen molar-refractivity contribution in [1.29, 1.82) is 0 Å². The molecule has 0 radical (unpaired) electrons. The van der Waals surface area contributed by atoms with Gasteiger partial charge in [-0.15, -0.1) is 0 Å². The van der Waals surface area contributed by atoms with Crippen molar-refractivity contribution in [3.63, 3.8) is 0 Å². The highest BCUT2D eigenvalue weighted by atomic mass is 79.9. The van der Waals surface area contributed by atoms with Gasteiger partial charge in [0.2, 0.25) is 17.5 Å². The number of H-pyrrole nitrogens is 1. The van der Waals surface area contributed by atoms with Crippen LogP contribution in [-0.2, 0) is 25.5 Å². The fraction of sp³-hybridized carbons (Fsp3) is 0.594. The van der Waals surface area contributed by atoms with E-state index in [0.717, 1.165) is 42.9 Å². The summed E-state index contributed by atoms with van der Waals surface area (Å²) in [7, 11) is 1.98. The van der Waals surface area contributed by atoms with E-state index < -0.39 is 65.6 Å². The molecule has 3 amide bonds. The van der Waals surface area contributed by atoms with Gasteiger partial charge in [0.25, 0.3) is 11.8 Å². The van der Waals surface area contributed by atoms with Crippen molar-refractivity contribution >= 4 is 50.1 Å². The molecule has 0 bridgehead atoms. The van der Waals surface area contributed by atoms with Gasteiger partial charge in [-0.25, -0.2) is 0 Å². The summed E-state index contributed by atoms with van der Waals surface area (Å²) in [5.41, 5.74) is 2.31. The van der Waals surface area contributed by atoms with Gasteiger partial charge in [0.05, 0.1) is 10.5 Å². The van der Waals surface area contributed by atoms with E-state index in [2.05, 4.69) is 37.2 Å². The Hall–Kier alpha value is -2.81. The number of aliphatic hydroxyl groups is 3. The van der Waals surface area contributed by atoms with Crippen LogP contribution < -0.4 is 5.32 Å². The summed E-state index contributed by atoms with van der Waals surface area (Å²) in [5, 5.41) is 37.4. The molecule has 45 heavy (non-hydrogen) atoms. The SMILES string of the molecule is CC(C)C[C@H]1C(=O)N2C(O)C(O)C[C@H]2[C@]2(O)O[C@](NC(=O)[C@@H]3C=C4c5cccc6[nH]c(Br)c(c56)C[C@H]4N(C)C3)(C(C)C)C(=O)N12. The third-order valence-electron chi connectivity index (χ3n) is 10.4. The maximum Gasteiger partial charge on any atom is 0.281 e. The minimum atomic E-state index is -2.37. The molecule has 7 rings (SSSR count). The quantitative estimate of drug-likeness (QED) is 0.317. The number of aromatic amines is 1. The van der Waals surface area contributed by atoms with Gasteiger partial charge in [-0.2, -0.15) is 0 Å². The van der Waals surface area contributed by atoms with Crippen molar-refractivity contribution < 1.29 is 34.4 Å². The van der Waals surface area contributed by atoms with Crippen LogP contribution in [0.1, 0.15) is 51.7 Å². The van der Waals surface area contributed by atoms with Gasteiger partial charge in [0, 0.05) is 35.8 Å². The van der Waals surface area contributed by atoms with Crippen LogP contribution in [0.4, 0.5) is 0 Å². The molecule has 2 unspecified atom stereocenters. The number of fused-ring (bicyclic) bond motifs is 5. The molecule has 0 saturated carbocycles. The molecule has 2 aromatic rings. The van der Waals surface area contributed by atoms with Crippen molar-refractivity contribution in [3.05, 3.63) is 40.0 Å². The lowest BCUT2D eigenvalue weighted by Crippen LogP contribution is -2.72. The lowest BCUT2D eigenvalue weighted by molar-refractivity contribution is -0.326. The van der Waals surface area contributed by atoms with E-state index in [1.165, 1.54) is 5.56 Å². The smallest absolute Gasteiger partial charge is 0.281 e. The predicted molar refractivity (Wildman–Crippen MR) is 167 cm³/mol. The molecule has 5 N–H and O–H groups in total. The molecule has 0 spiro atoms. The fourth-order valence-corrected chi connectivity index (χ4v) is 8.73. The second-order valence-electron chi connectivity index (χ2n) is 14.0. The Balaban J connectivity index is 1.26. The minimum Gasteiger partial charge on any atom is -0.388 e. The second kappa shape index (κ2) is 10.3. The maximum absolute atomic E-state index is 14.5. The van der Waals surface area contributed by atoms with Crippen LogP contribution in [0.15, 0.2) is 28.9 Å². The lowest BCUT2D eigenvalue weighted by atomic mass is 9.79. The summed E-state index contributed by atoms with van der Waals surface area (Å²) in [5.74, 6) is -5.45. The molecular formula is C32H40BrN5O7. The van der Waals surface area contributed by atoms with Gasteiger partial charge in [0.1, 0.15) is 18.2 Å². The zero-order valence-corrected chi connectivity index (χ0v) is 27.5. The summed E-state index contributed by atoms with van der Waals surface area (Å²) in [4.78, 5) is 50.0. The van der Waals surface area contributed by atoms with Crippen LogP contribution in [0.2, 0.25) is 0 Å². The molecule has 13 heteroatoms. The monoisotopic (exact) mass is 685 g/mol. The largest absolute Gasteiger partial charge is 0.388 e. The zero-order valence-electron chi connectivity index (χ0n) is 26.0. The molecule has 5 heterocycles. The molecule has 242 valence electrons. The van der Waals surface area contributed by atoms with Crippen molar-refractivity contribution in [3.8, 4) is 0 Å². The number of carbonyl (C=O) groups excluding carboxylic acids is 3. The zero-order chi connectivity index (χ0) is 32.3. The van der Waals surface area contributed by atoms with Gasteiger partial charge in [-0.05, 0) is 64.5 Å². The number of halogens is 1. The average molecular weight is 687 g/mol. The van der Waals surface area contributed by atoms with Crippen molar-refractivity contribution in [1.82, 2.24) is 25.0 Å². The number of aromatic nitrogens is 1. The number of aliphatic hydroxyl groups excluding tert-OH is 2. The standard InChI is InChI=1S/C32H40BrN5O7/c1-14(2)9-22-28(41)37-24(12-23(39)29(37)42)32(44)38(22)30(43)31(45-32,15(3)4)35-27(40)16-10-18-17-7-6-8-20-25(17)19(26(33)34-20)11-21(18)36(5)13-16/h6-8,10,14-16,21-24,29,34,39,42,44H,9,11-13H2,1-5H3,(H,35,40)/t16-,21-,22+,23?,24+,29?,31-,32+/m1/s1. The van der Waals surface area contributed by atoms with Crippen LogP contribution >= 0.6 is 15.9 Å². The highest BCUT2D eigenvalue weighted by Crippen LogP contribution is 2.50. The number of rotatable bonds is 5. The minimum absolute atomic E-state index is 0.0562. The highest BCUT2D eigenvalue weighted by molar-refractivity contribution is 9.10. The average Bonchev–Trinajstić information content (AvgIpc) is 3.55. The number of ether oxygens (including phenoxy) is 1. The number of amides is 3. The highest BCUT2D eigenvalue weighted by Gasteiger charge is 2.73. The van der Waals surface area contributed by atoms with E-state index in [4.69, 9.17) is 4.74 Å². The first-order valence-corrected chi connectivity index (χ1v) is 16.5. The van der Waals surface area contributed by atoms with Crippen LogP contribution in [0.5, 0.6) is 0 Å². The number of benzene rings is 1. The van der Waals surface area contributed by atoms with Gasteiger partial charge in [-0.3, -0.25) is 28.9 Å². The summed E-state index contributed by atoms with van der Waals surface area (Å²) in [6.45, 7) is 7.59. The Bertz CT molecular complexity index is 1640. The lowest BCUT2D eigenvalue weighted by Gasteiger charge is -2.49. The molecule has 1 aliphatic carbocycles. The third kappa shape index (κ3) is 4.24. The first kappa shape index (κ1) is 30.8.